The molecule has 0 aliphatic carbocycles. The van der Waals surface area contributed by atoms with Crippen LogP contribution in [-0.2, 0) is 11.2 Å². The summed E-state index contributed by atoms with van der Waals surface area (Å²) in [6.07, 6.45) is 2.63. The van der Waals surface area contributed by atoms with Crippen LogP contribution in [-0.4, -0.2) is 29.8 Å². The van der Waals surface area contributed by atoms with Crippen molar-refractivity contribution in [1.82, 2.24) is 4.90 Å². The Labute approximate surface area is 150 Å². The van der Waals surface area contributed by atoms with E-state index in [1.165, 1.54) is 0 Å². The van der Waals surface area contributed by atoms with Gasteiger partial charge in [-0.2, -0.15) is 0 Å². The molecule has 1 aliphatic heterocycles. The maximum absolute atomic E-state index is 12.2. The summed E-state index contributed by atoms with van der Waals surface area (Å²) >= 11 is 3.35. The van der Waals surface area contributed by atoms with Crippen LogP contribution in [0.4, 0.5) is 5.69 Å². The summed E-state index contributed by atoms with van der Waals surface area (Å²) in [5.41, 5.74) is 2.29. The predicted octanol–water partition coefficient (Wildman–Crippen LogP) is 3.87. The molecule has 5 heteroatoms. The van der Waals surface area contributed by atoms with E-state index in [1.54, 1.807) is 12.1 Å². The van der Waals surface area contributed by atoms with E-state index in [2.05, 4.69) is 21.2 Å². The van der Waals surface area contributed by atoms with Crippen molar-refractivity contribution in [2.75, 3.05) is 18.4 Å². The number of rotatable bonds is 4. The summed E-state index contributed by atoms with van der Waals surface area (Å²) in [5, 5.41) is 2.86. The van der Waals surface area contributed by atoms with E-state index in [0.29, 0.717) is 12.0 Å². The van der Waals surface area contributed by atoms with E-state index in [1.807, 2.05) is 41.3 Å². The average molecular weight is 387 g/mol. The number of hydrogen-bond donors (Lipinski definition) is 1. The molecule has 4 nitrogen and oxygen atoms in total. The molecule has 1 fully saturated rings. The molecule has 124 valence electrons. The summed E-state index contributed by atoms with van der Waals surface area (Å²) in [5.74, 6) is 0.0301. The molecule has 2 aromatic carbocycles. The van der Waals surface area contributed by atoms with Gasteiger partial charge in [0.15, 0.2) is 0 Å². The van der Waals surface area contributed by atoms with Crippen molar-refractivity contribution in [2.24, 2.45) is 0 Å². The van der Waals surface area contributed by atoms with Crippen LogP contribution >= 0.6 is 15.9 Å². The molecule has 0 radical (unpaired) electrons. The van der Waals surface area contributed by atoms with E-state index in [9.17, 15) is 9.59 Å². The zero-order chi connectivity index (χ0) is 16.9. The molecular formula is C19H19BrN2O2. The minimum absolute atomic E-state index is 0.150. The van der Waals surface area contributed by atoms with E-state index in [0.717, 1.165) is 41.7 Å². The van der Waals surface area contributed by atoms with Gasteiger partial charge in [-0.05, 0) is 54.8 Å². The number of anilines is 1. The monoisotopic (exact) mass is 386 g/mol. The lowest BCUT2D eigenvalue weighted by Crippen LogP contribution is -2.29. The van der Waals surface area contributed by atoms with Crippen molar-refractivity contribution in [3.63, 3.8) is 0 Å². The normalized spacial score (nSPS) is 13.8. The Morgan fingerprint density at radius 1 is 0.958 bits per heavy atom. The minimum atomic E-state index is -0.150. The highest BCUT2D eigenvalue weighted by atomic mass is 79.9. The molecule has 0 atom stereocenters. The number of nitrogens with zero attached hydrogens (tertiary/aromatic N) is 1. The van der Waals surface area contributed by atoms with E-state index in [4.69, 9.17) is 0 Å². The average Bonchev–Trinajstić information content (AvgIpc) is 3.12. The van der Waals surface area contributed by atoms with Gasteiger partial charge in [-0.1, -0.05) is 28.1 Å². The van der Waals surface area contributed by atoms with E-state index < -0.39 is 0 Å². The molecule has 0 aromatic heterocycles. The van der Waals surface area contributed by atoms with Crippen molar-refractivity contribution in [1.29, 1.82) is 0 Å². The Hall–Kier alpha value is -2.14. The Balaban J connectivity index is 1.58. The van der Waals surface area contributed by atoms with Gasteiger partial charge in [0.2, 0.25) is 5.91 Å². The predicted molar refractivity (Wildman–Crippen MR) is 98.1 cm³/mol. The summed E-state index contributed by atoms with van der Waals surface area (Å²) in [6, 6.07) is 14.7. The van der Waals surface area contributed by atoms with Crippen LogP contribution in [0.3, 0.4) is 0 Å². The second-order valence-corrected chi connectivity index (χ2v) is 6.84. The van der Waals surface area contributed by atoms with Crippen LogP contribution in [0.15, 0.2) is 53.0 Å². The molecule has 2 aromatic rings. The maximum atomic E-state index is 12.2. The van der Waals surface area contributed by atoms with Crippen LogP contribution < -0.4 is 5.32 Å². The van der Waals surface area contributed by atoms with Crippen molar-refractivity contribution in [2.45, 2.75) is 19.3 Å². The van der Waals surface area contributed by atoms with Crippen molar-refractivity contribution in [3.05, 3.63) is 64.1 Å². The number of likely N-dealkylation sites (tertiary alicyclic amines) is 1. The highest BCUT2D eigenvalue weighted by Crippen LogP contribution is 2.15. The van der Waals surface area contributed by atoms with Gasteiger partial charge in [0, 0.05) is 28.8 Å². The number of benzene rings is 2. The highest BCUT2D eigenvalue weighted by molar-refractivity contribution is 9.10. The third-order valence-electron chi connectivity index (χ3n) is 4.13. The largest absolute Gasteiger partial charge is 0.342 e. The summed E-state index contributed by atoms with van der Waals surface area (Å²) in [4.78, 5) is 26.2. The zero-order valence-corrected chi connectivity index (χ0v) is 14.9. The Bertz CT molecular complexity index is 720. The van der Waals surface area contributed by atoms with Gasteiger partial charge >= 0.3 is 0 Å². The first kappa shape index (κ1) is 16.7. The second-order valence-electron chi connectivity index (χ2n) is 5.92. The first-order valence-corrected chi connectivity index (χ1v) is 8.85. The van der Waals surface area contributed by atoms with Crippen LogP contribution in [0.25, 0.3) is 0 Å². The van der Waals surface area contributed by atoms with E-state index >= 15 is 0 Å². The maximum Gasteiger partial charge on any atom is 0.255 e. The fourth-order valence-corrected chi connectivity index (χ4v) is 3.03. The Kier molecular flexibility index (Phi) is 5.30. The third-order valence-corrected chi connectivity index (χ3v) is 4.66. The molecule has 0 bridgehead atoms. The number of halogens is 1. The van der Waals surface area contributed by atoms with Gasteiger partial charge in [-0.15, -0.1) is 0 Å². The Morgan fingerprint density at radius 3 is 2.21 bits per heavy atom. The first-order chi connectivity index (χ1) is 11.6. The van der Waals surface area contributed by atoms with E-state index in [-0.39, 0.29) is 11.8 Å². The van der Waals surface area contributed by atoms with Gasteiger partial charge in [-0.3, -0.25) is 9.59 Å². The van der Waals surface area contributed by atoms with Crippen LogP contribution in [0.1, 0.15) is 28.8 Å². The lowest BCUT2D eigenvalue weighted by atomic mass is 10.1. The summed E-state index contributed by atoms with van der Waals surface area (Å²) in [7, 11) is 0. The second kappa shape index (κ2) is 7.62. The lowest BCUT2D eigenvalue weighted by Gasteiger charge is -2.15. The smallest absolute Gasteiger partial charge is 0.255 e. The van der Waals surface area contributed by atoms with Crippen molar-refractivity contribution >= 4 is 33.4 Å². The molecule has 1 heterocycles. The lowest BCUT2D eigenvalue weighted by molar-refractivity contribution is -0.129. The van der Waals surface area contributed by atoms with Gasteiger partial charge in [-0.25, -0.2) is 0 Å². The zero-order valence-electron chi connectivity index (χ0n) is 13.3. The number of hydrogen-bond acceptors (Lipinski definition) is 2. The van der Waals surface area contributed by atoms with Crippen LogP contribution in [0.2, 0.25) is 0 Å². The molecule has 1 N–H and O–H groups in total. The molecule has 1 saturated heterocycles. The molecular weight excluding hydrogens is 368 g/mol. The SMILES string of the molecule is O=C(Nc1ccc(CC(=O)N2CCCC2)cc1)c1ccc(Br)cc1. The third kappa shape index (κ3) is 4.23. The minimum Gasteiger partial charge on any atom is -0.342 e. The topological polar surface area (TPSA) is 49.4 Å². The highest BCUT2D eigenvalue weighted by Gasteiger charge is 2.17. The Morgan fingerprint density at radius 2 is 1.58 bits per heavy atom. The number of carbonyl (C=O) groups is 2. The van der Waals surface area contributed by atoms with Crippen LogP contribution in [0, 0.1) is 0 Å². The number of amides is 2. The molecule has 0 spiro atoms. The molecule has 0 saturated carbocycles. The standard InChI is InChI=1S/C19H19BrN2O2/c20-16-7-5-15(6-8-16)19(24)21-17-9-3-14(4-10-17)13-18(23)22-11-1-2-12-22/h3-10H,1-2,11-13H2,(H,21,24). The fourth-order valence-electron chi connectivity index (χ4n) is 2.76. The molecule has 0 unspecified atom stereocenters. The van der Waals surface area contributed by atoms with Gasteiger partial charge in [0.05, 0.1) is 6.42 Å². The number of nitrogens with one attached hydrogen (secondary N) is 1. The first-order valence-electron chi connectivity index (χ1n) is 8.05. The van der Waals surface area contributed by atoms with Gasteiger partial charge in [0.25, 0.3) is 5.91 Å². The van der Waals surface area contributed by atoms with Gasteiger partial charge < -0.3 is 10.2 Å². The van der Waals surface area contributed by atoms with Gasteiger partial charge in [0.1, 0.15) is 0 Å². The molecule has 24 heavy (non-hydrogen) atoms. The van der Waals surface area contributed by atoms with Crippen molar-refractivity contribution in [3.8, 4) is 0 Å². The fraction of sp³-hybridized carbons (Fsp3) is 0.263. The molecule has 1 aliphatic rings. The molecule has 2 amide bonds. The summed E-state index contributed by atoms with van der Waals surface area (Å²) < 4.78 is 0.936. The molecule has 3 rings (SSSR count). The van der Waals surface area contributed by atoms with Crippen molar-refractivity contribution < 1.29 is 9.59 Å². The quantitative estimate of drug-likeness (QED) is 0.866. The number of carbonyl (C=O) groups excluding carboxylic acids is 2. The van der Waals surface area contributed by atoms with Crippen LogP contribution in [0.5, 0.6) is 0 Å². The summed E-state index contributed by atoms with van der Waals surface area (Å²) in [6.45, 7) is 1.75.